The molecular formula is C32H32Cl2FN7O3. The molecule has 4 aromatic rings. The topological polar surface area (TPSA) is 119 Å². The Kier molecular flexibility index (Phi) is 8.93. The third kappa shape index (κ3) is 6.75. The zero-order valence-corrected chi connectivity index (χ0v) is 26.1. The van der Waals surface area contributed by atoms with Crippen LogP contribution in [0.15, 0.2) is 61.1 Å². The molecule has 1 atom stereocenters. The number of halogens is 3. The van der Waals surface area contributed by atoms with Crippen LogP contribution >= 0.6 is 23.2 Å². The van der Waals surface area contributed by atoms with E-state index in [1.165, 1.54) is 12.1 Å². The Labute approximate surface area is 269 Å². The number of piperidine rings is 1. The van der Waals surface area contributed by atoms with Gasteiger partial charge in [-0.1, -0.05) is 35.3 Å². The number of amides is 3. The summed E-state index contributed by atoms with van der Waals surface area (Å²) in [5.41, 5.74) is 9.99. The number of hydrogen-bond acceptors (Lipinski definition) is 7. The maximum atomic E-state index is 14.1. The summed E-state index contributed by atoms with van der Waals surface area (Å²) in [6, 6.07) is 12.2. The molecule has 0 saturated carbocycles. The number of benzene rings is 2. The minimum atomic E-state index is -0.676. The molecule has 0 spiro atoms. The lowest BCUT2D eigenvalue weighted by Crippen LogP contribution is -2.49. The number of likely N-dealkylation sites (tertiary alicyclic amines) is 1. The molecule has 234 valence electrons. The highest BCUT2D eigenvalue weighted by Crippen LogP contribution is 2.37. The number of nitrogens with zero attached hydrogens (tertiary/aromatic N) is 5. The van der Waals surface area contributed by atoms with Gasteiger partial charge in [0.05, 0.1) is 17.3 Å². The van der Waals surface area contributed by atoms with Crippen LogP contribution < -0.4 is 20.7 Å². The van der Waals surface area contributed by atoms with Crippen molar-refractivity contribution < 1.29 is 18.7 Å². The van der Waals surface area contributed by atoms with Gasteiger partial charge < -0.3 is 10.5 Å². The fraction of sp³-hybridized carbons (Fsp3) is 0.312. The van der Waals surface area contributed by atoms with Gasteiger partial charge in [0.25, 0.3) is 0 Å². The quantitative estimate of drug-likeness (QED) is 0.212. The van der Waals surface area contributed by atoms with E-state index in [1.54, 1.807) is 30.3 Å². The lowest BCUT2D eigenvalue weighted by atomic mass is 10.0. The normalized spacial score (nSPS) is 16.9. The Balaban J connectivity index is 1.08. The van der Waals surface area contributed by atoms with Gasteiger partial charge in [0.15, 0.2) is 11.6 Å². The van der Waals surface area contributed by atoms with Crippen LogP contribution in [0.3, 0.4) is 0 Å². The van der Waals surface area contributed by atoms with Gasteiger partial charge in [-0.2, -0.15) is 5.10 Å². The number of carbonyl (C=O) groups excluding carboxylic acids is 2. The summed E-state index contributed by atoms with van der Waals surface area (Å²) in [4.78, 5) is 32.1. The van der Waals surface area contributed by atoms with E-state index in [-0.39, 0.29) is 28.8 Å². The van der Waals surface area contributed by atoms with Crippen LogP contribution in [0.5, 0.6) is 5.75 Å². The molecule has 0 unspecified atom stereocenters. The zero-order valence-electron chi connectivity index (χ0n) is 24.6. The van der Waals surface area contributed by atoms with Crippen LogP contribution in [0.1, 0.15) is 49.5 Å². The second-order valence-electron chi connectivity index (χ2n) is 11.3. The Hall–Kier alpha value is -4.19. The van der Waals surface area contributed by atoms with Crippen LogP contribution in [-0.2, 0) is 11.3 Å². The van der Waals surface area contributed by atoms with Crippen LogP contribution in [0.4, 0.5) is 20.7 Å². The SMILES string of the molecule is C[C@@H](Oc1cc(-c2cnn(C3CCN(Cc4cccc(N5CCC(=O)NC5=O)c4)CC3)c2)cnc1N)c1c(Cl)ccc(F)c1Cl. The number of hydrogen-bond donors (Lipinski definition) is 2. The zero-order chi connectivity index (χ0) is 31.7. The first-order valence-corrected chi connectivity index (χ1v) is 15.4. The molecule has 4 heterocycles. The number of anilines is 2. The van der Waals surface area contributed by atoms with Crippen molar-refractivity contribution in [2.75, 3.05) is 30.3 Å². The van der Waals surface area contributed by atoms with Crippen molar-refractivity contribution >= 4 is 46.6 Å². The van der Waals surface area contributed by atoms with Crippen LogP contribution in [0, 0.1) is 5.82 Å². The Morgan fingerprint density at radius 1 is 1.09 bits per heavy atom. The molecule has 10 nitrogen and oxygen atoms in total. The van der Waals surface area contributed by atoms with Crippen LogP contribution in [0.25, 0.3) is 11.1 Å². The van der Waals surface area contributed by atoms with Crippen LogP contribution in [0.2, 0.25) is 10.0 Å². The van der Waals surface area contributed by atoms with E-state index < -0.39 is 11.9 Å². The summed E-state index contributed by atoms with van der Waals surface area (Å²) in [6.45, 7) is 4.66. The third-order valence-electron chi connectivity index (χ3n) is 8.22. The summed E-state index contributed by atoms with van der Waals surface area (Å²) >= 11 is 12.5. The number of aromatic nitrogens is 3. The molecule has 2 aliphatic rings. The summed E-state index contributed by atoms with van der Waals surface area (Å²) in [5.74, 6) is -0.307. The fourth-order valence-corrected chi connectivity index (χ4v) is 6.47. The fourth-order valence-electron chi connectivity index (χ4n) is 5.79. The molecule has 2 fully saturated rings. The predicted octanol–water partition coefficient (Wildman–Crippen LogP) is 6.40. The van der Waals surface area contributed by atoms with Crippen molar-refractivity contribution in [1.82, 2.24) is 25.0 Å². The number of pyridine rings is 1. The van der Waals surface area contributed by atoms with Crippen molar-refractivity contribution in [3.05, 3.63) is 88.0 Å². The molecule has 3 amide bonds. The standard InChI is InChI=1S/C32H32Cl2FN7O3/c1-19(29-25(33)5-6-26(35)30(29)34)45-27-14-21(15-37-31(27)36)22-16-38-42(18-22)23-7-10-40(11-8-23)17-20-3-2-4-24(13-20)41-12-9-28(43)39-32(41)44/h2-6,13-16,18-19,23H,7-12,17H2,1H3,(H2,36,37)(H,39,43,44)/t19-/m1/s1. The van der Waals surface area contributed by atoms with Gasteiger partial charge in [0.1, 0.15) is 11.9 Å². The van der Waals surface area contributed by atoms with Gasteiger partial charge in [-0.25, -0.2) is 14.2 Å². The number of carbonyl (C=O) groups is 2. The second kappa shape index (κ2) is 13.0. The minimum absolute atomic E-state index is 0.0937. The second-order valence-corrected chi connectivity index (χ2v) is 12.1. The highest BCUT2D eigenvalue weighted by atomic mass is 35.5. The molecular weight excluding hydrogens is 620 g/mol. The first kappa shape index (κ1) is 30.8. The van der Waals surface area contributed by atoms with Crippen molar-refractivity contribution in [3.8, 4) is 16.9 Å². The molecule has 2 aromatic heterocycles. The summed E-state index contributed by atoms with van der Waals surface area (Å²) in [7, 11) is 0. The maximum absolute atomic E-state index is 14.1. The smallest absolute Gasteiger partial charge is 0.328 e. The minimum Gasteiger partial charge on any atom is -0.482 e. The van der Waals surface area contributed by atoms with Gasteiger partial charge in [0.2, 0.25) is 5.91 Å². The Morgan fingerprint density at radius 3 is 2.67 bits per heavy atom. The van der Waals surface area contributed by atoms with E-state index in [0.29, 0.717) is 29.3 Å². The molecule has 2 aromatic carbocycles. The largest absolute Gasteiger partial charge is 0.482 e. The molecule has 13 heteroatoms. The predicted molar refractivity (Wildman–Crippen MR) is 171 cm³/mol. The van der Waals surface area contributed by atoms with Gasteiger partial charge in [-0.05, 0) is 55.7 Å². The number of nitrogens with one attached hydrogen (secondary N) is 1. The molecule has 6 rings (SSSR count). The van der Waals surface area contributed by atoms with Gasteiger partial charge in [-0.3, -0.25) is 24.6 Å². The Bertz CT molecular complexity index is 1740. The Morgan fingerprint density at radius 2 is 1.89 bits per heavy atom. The molecule has 0 bridgehead atoms. The lowest BCUT2D eigenvalue weighted by molar-refractivity contribution is -0.120. The van der Waals surface area contributed by atoms with E-state index in [4.69, 9.17) is 33.7 Å². The van der Waals surface area contributed by atoms with E-state index >= 15 is 0 Å². The van der Waals surface area contributed by atoms with E-state index in [2.05, 4.69) is 26.4 Å². The molecule has 2 aliphatic heterocycles. The number of nitrogens with two attached hydrogens (primary N) is 1. The van der Waals surface area contributed by atoms with Crippen molar-refractivity contribution in [2.24, 2.45) is 0 Å². The number of imide groups is 1. The van der Waals surface area contributed by atoms with Crippen LogP contribution in [-0.4, -0.2) is 51.2 Å². The molecule has 3 N–H and O–H groups in total. The molecule has 45 heavy (non-hydrogen) atoms. The highest BCUT2D eigenvalue weighted by Gasteiger charge is 2.26. The summed E-state index contributed by atoms with van der Waals surface area (Å²) in [6.07, 6.45) is 6.94. The lowest BCUT2D eigenvalue weighted by Gasteiger charge is -2.32. The molecule has 0 aliphatic carbocycles. The van der Waals surface area contributed by atoms with Crippen molar-refractivity contribution in [2.45, 2.75) is 44.9 Å². The van der Waals surface area contributed by atoms with Gasteiger partial charge in [0, 0.05) is 72.4 Å². The van der Waals surface area contributed by atoms with E-state index in [9.17, 15) is 14.0 Å². The van der Waals surface area contributed by atoms with E-state index in [0.717, 1.165) is 54.9 Å². The number of rotatable bonds is 8. The summed E-state index contributed by atoms with van der Waals surface area (Å²) in [5, 5.41) is 7.23. The number of ether oxygens (including phenoxy) is 1. The van der Waals surface area contributed by atoms with Gasteiger partial charge >= 0.3 is 6.03 Å². The van der Waals surface area contributed by atoms with E-state index in [1.807, 2.05) is 29.1 Å². The molecule has 0 radical (unpaired) electrons. The highest BCUT2D eigenvalue weighted by molar-refractivity contribution is 6.36. The third-order valence-corrected chi connectivity index (χ3v) is 8.93. The monoisotopic (exact) mass is 651 g/mol. The van der Waals surface area contributed by atoms with Crippen molar-refractivity contribution in [1.29, 1.82) is 0 Å². The van der Waals surface area contributed by atoms with Gasteiger partial charge in [-0.15, -0.1) is 0 Å². The first-order chi connectivity index (χ1) is 21.7. The maximum Gasteiger partial charge on any atom is 0.328 e. The average Bonchev–Trinajstić information content (AvgIpc) is 3.51. The number of nitrogen functional groups attached to an aromatic ring is 1. The average molecular weight is 653 g/mol. The molecule has 2 saturated heterocycles. The van der Waals surface area contributed by atoms with Crippen molar-refractivity contribution in [3.63, 3.8) is 0 Å². The number of urea groups is 1. The first-order valence-electron chi connectivity index (χ1n) is 14.7. The summed E-state index contributed by atoms with van der Waals surface area (Å²) < 4.78 is 22.1.